The molecule has 0 aromatic heterocycles. The Morgan fingerprint density at radius 1 is 1.21 bits per heavy atom. The Balaban J connectivity index is 3.21. The smallest absolute Gasteiger partial charge is 0.258 e. The topological polar surface area (TPSA) is 111 Å². The van der Waals surface area contributed by atoms with Crippen molar-refractivity contribution < 1.29 is 21.8 Å². The summed E-state index contributed by atoms with van der Waals surface area (Å²) in [5.41, 5.74) is -0.0736. The van der Waals surface area contributed by atoms with Gasteiger partial charge < -0.3 is 0 Å². The van der Waals surface area contributed by atoms with E-state index in [0.29, 0.717) is 5.56 Å². The lowest BCUT2D eigenvalue weighted by molar-refractivity contribution is -0.385. The van der Waals surface area contributed by atoms with Gasteiger partial charge in [-0.2, -0.15) is 0 Å². The van der Waals surface area contributed by atoms with Gasteiger partial charge in [-0.3, -0.25) is 10.1 Å². The maximum Gasteiger partial charge on any atom is 0.270 e. The molecular formula is C9H10ClNO6S2. The summed E-state index contributed by atoms with van der Waals surface area (Å²) in [6.07, 6.45) is 0. The van der Waals surface area contributed by atoms with E-state index in [1.165, 1.54) is 19.1 Å². The van der Waals surface area contributed by atoms with Gasteiger partial charge in [0, 0.05) is 22.8 Å². The number of hydrogen-bond acceptors (Lipinski definition) is 6. The van der Waals surface area contributed by atoms with Crippen LogP contribution in [0.1, 0.15) is 5.56 Å². The van der Waals surface area contributed by atoms with Crippen LogP contribution in [0.3, 0.4) is 0 Å². The van der Waals surface area contributed by atoms with Crippen LogP contribution in [0.2, 0.25) is 0 Å². The first-order valence-electron chi connectivity index (χ1n) is 4.93. The molecule has 1 aromatic carbocycles. The molecule has 0 unspecified atom stereocenters. The Morgan fingerprint density at radius 2 is 1.79 bits per heavy atom. The van der Waals surface area contributed by atoms with Gasteiger partial charge in [0.25, 0.3) is 5.69 Å². The van der Waals surface area contributed by atoms with E-state index in [4.69, 9.17) is 10.7 Å². The molecular weight excluding hydrogens is 318 g/mol. The molecule has 0 atom stereocenters. The third kappa shape index (κ3) is 4.44. The van der Waals surface area contributed by atoms with E-state index in [1.807, 2.05) is 0 Å². The maximum absolute atomic E-state index is 11.9. The number of nitro groups is 1. The summed E-state index contributed by atoms with van der Waals surface area (Å²) >= 11 is 0. The lowest BCUT2D eigenvalue weighted by Crippen LogP contribution is -2.15. The highest BCUT2D eigenvalue weighted by molar-refractivity contribution is 8.14. The van der Waals surface area contributed by atoms with Crippen LogP contribution in [0.15, 0.2) is 23.1 Å². The molecule has 1 aromatic rings. The fourth-order valence-electron chi connectivity index (χ4n) is 1.36. The largest absolute Gasteiger partial charge is 0.270 e. The van der Waals surface area contributed by atoms with Crippen LogP contribution >= 0.6 is 10.7 Å². The van der Waals surface area contributed by atoms with E-state index < -0.39 is 35.3 Å². The number of hydrogen-bond donors (Lipinski definition) is 0. The fraction of sp³-hybridized carbons (Fsp3) is 0.333. The molecule has 0 saturated heterocycles. The summed E-state index contributed by atoms with van der Waals surface area (Å²) in [5.74, 6) is -1.47. The van der Waals surface area contributed by atoms with Crippen LogP contribution in [-0.2, 0) is 18.9 Å². The molecule has 0 aliphatic heterocycles. The first kappa shape index (κ1) is 15.9. The normalized spacial score (nSPS) is 12.3. The van der Waals surface area contributed by atoms with Gasteiger partial charge in [0.2, 0.25) is 9.05 Å². The van der Waals surface area contributed by atoms with Crippen LogP contribution in [0.5, 0.6) is 0 Å². The van der Waals surface area contributed by atoms with Crippen molar-refractivity contribution in [3.63, 3.8) is 0 Å². The minimum Gasteiger partial charge on any atom is -0.258 e. The van der Waals surface area contributed by atoms with Gasteiger partial charge in [0.1, 0.15) is 0 Å². The van der Waals surface area contributed by atoms with Gasteiger partial charge in [-0.25, -0.2) is 16.8 Å². The van der Waals surface area contributed by atoms with Gasteiger partial charge in [0.05, 0.1) is 21.3 Å². The van der Waals surface area contributed by atoms with Crippen molar-refractivity contribution in [1.29, 1.82) is 0 Å². The number of sulfone groups is 1. The molecule has 0 saturated carbocycles. The summed E-state index contributed by atoms with van der Waals surface area (Å²) in [4.78, 5) is 9.61. The van der Waals surface area contributed by atoms with Crippen LogP contribution in [0, 0.1) is 17.0 Å². The predicted octanol–water partition coefficient (Wildman–Crippen LogP) is 1.25. The van der Waals surface area contributed by atoms with Crippen LogP contribution in [0.4, 0.5) is 5.69 Å². The molecule has 19 heavy (non-hydrogen) atoms. The number of non-ortho nitro benzene ring substituents is 1. The minimum atomic E-state index is -3.95. The zero-order valence-electron chi connectivity index (χ0n) is 9.74. The molecule has 0 amide bonds. The van der Waals surface area contributed by atoms with E-state index in [2.05, 4.69) is 0 Å². The standard InChI is InChI=1S/C9H10ClNO6S2/c1-7-2-3-8(11(12)13)6-9(7)18(14,15)4-5-19(10,16)17/h2-3,6H,4-5H2,1H3. The first-order valence-corrected chi connectivity index (χ1v) is 9.06. The molecule has 0 radical (unpaired) electrons. The van der Waals surface area contributed by atoms with Crippen LogP contribution in [-0.4, -0.2) is 33.3 Å². The van der Waals surface area contributed by atoms with Crippen molar-refractivity contribution in [2.75, 3.05) is 11.5 Å². The number of nitrogens with zero attached hydrogens (tertiary/aromatic N) is 1. The lowest BCUT2D eigenvalue weighted by Gasteiger charge is -2.06. The van der Waals surface area contributed by atoms with Crippen molar-refractivity contribution in [3.05, 3.63) is 33.9 Å². The molecule has 0 fully saturated rings. The SMILES string of the molecule is Cc1ccc([N+](=O)[O-])cc1S(=O)(=O)CCS(=O)(=O)Cl. The number of benzene rings is 1. The van der Waals surface area contributed by atoms with Gasteiger partial charge in [-0.15, -0.1) is 0 Å². The molecule has 7 nitrogen and oxygen atoms in total. The Kier molecular flexibility index (Phi) is 4.54. The van der Waals surface area contributed by atoms with Crippen molar-refractivity contribution in [3.8, 4) is 0 Å². The van der Waals surface area contributed by atoms with Crippen LogP contribution < -0.4 is 0 Å². The highest BCUT2D eigenvalue weighted by atomic mass is 35.7. The maximum atomic E-state index is 11.9. The molecule has 0 aliphatic carbocycles. The highest BCUT2D eigenvalue weighted by Crippen LogP contribution is 2.23. The molecule has 106 valence electrons. The Labute approximate surface area is 114 Å². The number of rotatable bonds is 5. The van der Waals surface area contributed by atoms with Crippen LogP contribution in [0.25, 0.3) is 0 Å². The third-order valence-electron chi connectivity index (χ3n) is 2.31. The summed E-state index contributed by atoms with van der Waals surface area (Å²) < 4.78 is 45.4. The molecule has 1 rings (SSSR count). The zero-order valence-corrected chi connectivity index (χ0v) is 12.1. The van der Waals surface area contributed by atoms with Crippen molar-refractivity contribution in [2.24, 2.45) is 0 Å². The zero-order chi connectivity index (χ0) is 14.8. The number of aryl methyl sites for hydroxylation is 1. The second-order valence-electron chi connectivity index (χ2n) is 3.77. The second-order valence-corrected chi connectivity index (χ2v) is 8.74. The quantitative estimate of drug-likeness (QED) is 0.457. The highest BCUT2D eigenvalue weighted by Gasteiger charge is 2.22. The second kappa shape index (κ2) is 5.43. The Morgan fingerprint density at radius 3 is 2.26 bits per heavy atom. The van der Waals surface area contributed by atoms with E-state index in [1.54, 1.807) is 0 Å². The minimum absolute atomic E-state index is 0.262. The summed E-state index contributed by atoms with van der Waals surface area (Å²) in [6, 6.07) is 3.37. The van der Waals surface area contributed by atoms with E-state index in [0.717, 1.165) is 6.07 Å². The Hall–Kier alpha value is -1.19. The molecule has 0 aliphatic rings. The van der Waals surface area contributed by atoms with Crippen molar-refractivity contribution >= 4 is 35.3 Å². The lowest BCUT2D eigenvalue weighted by atomic mass is 10.2. The van der Waals surface area contributed by atoms with Gasteiger partial charge in [-0.1, -0.05) is 6.07 Å². The average molecular weight is 328 g/mol. The average Bonchev–Trinajstić information content (AvgIpc) is 2.25. The summed E-state index contributed by atoms with van der Waals surface area (Å²) in [7, 11) is -2.95. The number of halogens is 1. The van der Waals surface area contributed by atoms with Crippen molar-refractivity contribution in [2.45, 2.75) is 11.8 Å². The summed E-state index contributed by atoms with van der Waals surface area (Å²) in [5, 5.41) is 10.6. The molecule has 0 spiro atoms. The Bertz CT molecular complexity index is 710. The van der Waals surface area contributed by atoms with E-state index >= 15 is 0 Å². The predicted molar refractivity (Wildman–Crippen MR) is 69.5 cm³/mol. The molecule has 0 heterocycles. The molecule has 10 heteroatoms. The monoisotopic (exact) mass is 327 g/mol. The van der Waals surface area contributed by atoms with E-state index in [9.17, 15) is 26.9 Å². The number of nitro benzene ring substituents is 1. The first-order chi connectivity index (χ1) is 8.53. The van der Waals surface area contributed by atoms with Crippen molar-refractivity contribution in [1.82, 2.24) is 0 Å². The molecule has 0 N–H and O–H groups in total. The van der Waals surface area contributed by atoms with E-state index in [-0.39, 0.29) is 10.6 Å². The van der Waals surface area contributed by atoms with Gasteiger partial charge in [-0.05, 0) is 12.5 Å². The van der Waals surface area contributed by atoms with Gasteiger partial charge in [0.15, 0.2) is 9.84 Å². The van der Waals surface area contributed by atoms with Gasteiger partial charge >= 0.3 is 0 Å². The third-order valence-corrected chi connectivity index (χ3v) is 5.58. The summed E-state index contributed by atoms with van der Waals surface area (Å²) in [6.45, 7) is 1.46. The molecule has 0 bridgehead atoms. The fourth-order valence-corrected chi connectivity index (χ4v) is 4.68.